The molecule has 1 amide bonds. The standard InChI is InChI=1S/C23H20FN5O3/c1-28-18-11-12-29(23(30)15-8-4-6-10-19(15)31-2)13-16(18)20(27-28)22-26-25-21(32-22)14-7-3-5-9-17(14)24/h3-10H,11-13H2,1-2H3. The van der Waals surface area contributed by atoms with Crippen LogP contribution in [0.1, 0.15) is 21.6 Å². The number of amides is 1. The molecule has 9 heteroatoms. The van der Waals surface area contributed by atoms with Crippen LogP contribution in [-0.2, 0) is 20.0 Å². The first-order valence-corrected chi connectivity index (χ1v) is 10.1. The fourth-order valence-corrected chi connectivity index (χ4v) is 3.99. The molecule has 0 unspecified atom stereocenters. The molecule has 0 bridgehead atoms. The summed E-state index contributed by atoms with van der Waals surface area (Å²) < 4.78 is 27.0. The molecule has 0 saturated heterocycles. The molecule has 3 heterocycles. The molecule has 2 aromatic carbocycles. The zero-order valence-corrected chi connectivity index (χ0v) is 17.6. The Morgan fingerprint density at radius 2 is 1.84 bits per heavy atom. The maximum atomic E-state index is 14.1. The summed E-state index contributed by atoms with van der Waals surface area (Å²) in [5.41, 5.74) is 3.06. The van der Waals surface area contributed by atoms with E-state index in [4.69, 9.17) is 9.15 Å². The van der Waals surface area contributed by atoms with Crippen molar-refractivity contribution in [2.75, 3.05) is 13.7 Å². The summed E-state index contributed by atoms with van der Waals surface area (Å²) in [5.74, 6) is 0.225. The Bertz CT molecular complexity index is 1310. The zero-order valence-electron chi connectivity index (χ0n) is 17.6. The third-order valence-corrected chi connectivity index (χ3v) is 5.60. The molecule has 162 valence electrons. The quantitative estimate of drug-likeness (QED) is 0.490. The number of halogens is 1. The average molecular weight is 433 g/mol. The Balaban J connectivity index is 1.48. The number of nitrogens with zero attached hydrogens (tertiary/aromatic N) is 5. The summed E-state index contributed by atoms with van der Waals surface area (Å²) in [6, 6.07) is 13.4. The number of ether oxygens (including phenoxy) is 1. The summed E-state index contributed by atoms with van der Waals surface area (Å²) in [6.07, 6.45) is 0.633. The predicted molar refractivity (Wildman–Crippen MR) is 113 cm³/mol. The first kappa shape index (κ1) is 19.9. The summed E-state index contributed by atoms with van der Waals surface area (Å²) in [4.78, 5) is 14.9. The third-order valence-electron chi connectivity index (χ3n) is 5.60. The number of rotatable bonds is 4. The third kappa shape index (κ3) is 3.31. The molecule has 0 atom stereocenters. The first-order valence-electron chi connectivity index (χ1n) is 10.1. The lowest BCUT2D eigenvalue weighted by atomic mass is 10.0. The van der Waals surface area contributed by atoms with Gasteiger partial charge in [-0.2, -0.15) is 5.10 Å². The van der Waals surface area contributed by atoms with Crippen LogP contribution in [0, 0.1) is 5.82 Å². The SMILES string of the molecule is COc1ccccc1C(=O)N1CCc2c(c(-c3nnc(-c4ccccc4F)o3)nn2C)C1. The number of carbonyl (C=O) groups is 1. The Morgan fingerprint density at radius 1 is 1.09 bits per heavy atom. The van der Waals surface area contributed by atoms with Crippen molar-refractivity contribution < 1.29 is 18.3 Å². The topological polar surface area (TPSA) is 86.3 Å². The van der Waals surface area contributed by atoms with Gasteiger partial charge in [0.1, 0.15) is 11.6 Å². The Kier molecular flexibility index (Phi) is 4.93. The monoisotopic (exact) mass is 433 g/mol. The number of methoxy groups -OCH3 is 1. The van der Waals surface area contributed by atoms with Gasteiger partial charge >= 0.3 is 0 Å². The smallest absolute Gasteiger partial charge is 0.268 e. The molecule has 8 nitrogen and oxygen atoms in total. The van der Waals surface area contributed by atoms with Crippen LogP contribution in [0.5, 0.6) is 5.75 Å². The molecule has 2 aromatic heterocycles. The molecule has 1 aliphatic rings. The lowest BCUT2D eigenvalue weighted by molar-refractivity contribution is 0.0730. The van der Waals surface area contributed by atoms with Crippen LogP contribution >= 0.6 is 0 Å². The van der Waals surface area contributed by atoms with Crippen molar-refractivity contribution in [3.8, 4) is 28.8 Å². The molecule has 0 fully saturated rings. The van der Waals surface area contributed by atoms with Gasteiger partial charge in [-0.05, 0) is 24.3 Å². The van der Waals surface area contributed by atoms with E-state index >= 15 is 0 Å². The second-order valence-corrected chi connectivity index (χ2v) is 7.47. The van der Waals surface area contributed by atoms with Crippen molar-refractivity contribution in [1.29, 1.82) is 0 Å². The number of carbonyl (C=O) groups excluding carboxylic acids is 1. The number of hydrogen-bond donors (Lipinski definition) is 0. The van der Waals surface area contributed by atoms with E-state index in [9.17, 15) is 9.18 Å². The van der Waals surface area contributed by atoms with Gasteiger partial charge in [-0.1, -0.05) is 24.3 Å². The van der Waals surface area contributed by atoms with Gasteiger partial charge in [-0.15, -0.1) is 10.2 Å². The van der Waals surface area contributed by atoms with E-state index < -0.39 is 5.82 Å². The second kappa shape index (κ2) is 7.92. The van der Waals surface area contributed by atoms with Crippen LogP contribution in [0.25, 0.3) is 23.0 Å². The maximum Gasteiger partial charge on any atom is 0.268 e. The molecular formula is C23H20FN5O3. The van der Waals surface area contributed by atoms with Crippen LogP contribution < -0.4 is 4.74 Å². The lowest BCUT2D eigenvalue weighted by Gasteiger charge is -2.28. The number of benzene rings is 2. The largest absolute Gasteiger partial charge is 0.496 e. The summed E-state index contributed by atoms with van der Waals surface area (Å²) >= 11 is 0. The number of aryl methyl sites for hydroxylation is 1. The number of aromatic nitrogens is 4. The molecule has 4 aromatic rings. The van der Waals surface area contributed by atoms with E-state index in [1.54, 1.807) is 47.0 Å². The van der Waals surface area contributed by atoms with Gasteiger partial charge in [-0.3, -0.25) is 9.48 Å². The first-order chi connectivity index (χ1) is 15.6. The molecule has 0 saturated carbocycles. The van der Waals surface area contributed by atoms with E-state index in [-0.39, 0.29) is 23.3 Å². The summed E-state index contributed by atoms with van der Waals surface area (Å²) in [7, 11) is 3.39. The highest BCUT2D eigenvalue weighted by molar-refractivity contribution is 5.97. The minimum absolute atomic E-state index is 0.0790. The van der Waals surface area contributed by atoms with E-state index in [0.29, 0.717) is 36.5 Å². The molecule has 5 rings (SSSR count). The minimum Gasteiger partial charge on any atom is -0.496 e. The van der Waals surface area contributed by atoms with Gasteiger partial charge in [0.05, 0.1) is 24.8 Å². The highest BCUT2D eigenvalue weighted by Gasteiger charge is 2.30. The second-order valence-electron chi connectivity index (χ2n) is 7.47. The molecule has 0 spiro atoms. The molecule has 0 N–H and O–H groups in total. The highest BCUT2D eigenvalue weighted by Crippen LogP contribution is 2.32. The Morgan fingerprint density at radius 3 is 2.66 bits per heavy atom. The number of fused-ring (bicyclic) bond motifs is 1. The zero-order chi connectivity index (χ0) is 22.2. The predicted octanol–water partition coefficient (Wildman–Crippen LogP) is 3.48. The van der Waals surface area contributed by atoms with Gasteiger partial charge < -0.3 is 14.1 Å². The summed E-state index contributed by atoms with van der Waals surface area (Å²) in [6.45, 7) is 0.889. The fourth-order valence-electron chi connectivity index (χ4n) is 3.99. The molecule has 0 aliphatic carbocycles. The van der Waals surface area contributed by atoms with E-state index in [1.807, 2.05) is 19.2 Å². The lowest BCUT2D eigenvalue weighted by Crippen LogP contribution is -2.36. The van der Waals surface area contributed by atoms with Gasteiger partial charge in [0.2, 0.25) is 0 Å². The van der Waals surface area contributed by atoms with E-state index in [1.165, 1.54) is 6.07 Å². The van der Waals surface area contributed by atoms with Crippen LogP contribution in [0.15, 0.2) is 52.9 Å². The van der Waals surface area contributed by atoms with Crippen molar-refractivity contribution in [3.05, 3.63) is 71.2 Å². The highest BCUT2D eigenvalue weighted by atomic mass is 19.1. The van der Waals surface area contributed by atoms with Crippen molar-refractivity contribution in [1.82, 2.24) is 24.9 Å². The van der Waals surface area contributed by atoms with Crippen LogP contribution in [-0.4, -0.2) is 44.4 Å². The molecule has 0 radical (unpaired) electrons. The Hall–Kier alpha value is -4.01. The fraction of sp³-hybridized carbons (Fsp3) is 0.217. The number of para-hydroxylation sites is 1. The van der Waals surface area contributed by atoms with Gasteiger partial charge in [-0.25, -0.2) is 4.39 Å². The maximum absolute atomic E-state index is 14.1. The van der Waals surface area contributed by atoms with Crippen molar-refractivity contribution in [3.63, 3.8) is 0 Å². The summed E-state index contributed by atoms with van der Waals surface area (Å²) in [5, 5.41) is 12.7. The molecule has 32 heavy (non-hydrogen) atoms. The van der Waals surface area contributed by atoms with Crippen molar-refractivity contribution >= 4 is 5.91 Å². The van der Waals surface area contributed by atoms with Crippen molar-refractivity contribution in [2.24, 2.45) is 7.05 Å². The van der Waals surface area contributed by atoms with Crippen molar-refractivity contribution in [2.45, 2.75) is 13.0 Å². The van der Waals surface area contributed by atoms with Gasteiger partial charge in [0.15, 0.2) is 5.69 Å². The average Bonchev–Trinajstić information content (AvgIpc) is 3.43. The van der Waals surface area contributed by atoms with Crippen LogP contribution in [0.3, 0.4) is 0 Å². The molecular weight excluding hydrogens is 413 g/mol. The van der Waals surface area contributed by atoms with E-state index in [0.717, 1.165) is 11.3 Å². The van der Waals surface area contributed by atoms with E-state index in [2.05, 4.69) is 15.3 Å². The number of hydrogen-bond acceptors (Lipinski definition) is 6. The van der Waals surface area contributed by atoms with Crippen LogP contribution in [0.4, 0.5) is 4.39 Å². The van der Waals surface area contributed by atoms with Gasteiger partial charge in [0, 0.05) is 31.3 Å². The van der Waals surface area contributed by atoms with Crippen LogP contribution in [0.2, 0.25) is 0 Å². The van der Waals surface area contributed by atoms with Gasteiger partial charge in [0.25, 0.3) is 17.7 Å². The Labute approximate surface area is 183 Å². The normalized spacial score (nSPS) is 13.2. The molecule has 1 aliphatic heterocycles. The minimum atomic E-state index is -0.445.